The molecule has 2 bridgehead atoms. The normalized spacial score (nSPS) is 39.0. The predicted octanol–water partition coefficient (Wildman–Crippen LogP) is 2.83. The average Bonchev–Trinajstić information content (AvgIpc) is 2.89. The maximum Gasteiger partial charge on any atom is 0.178 e. The summed E-state index contributed by atoms with van der Waals surface area (Å²) in [6, 6.07) is 0. The van der Waals surface area contributed by atoms with E-state index in [-0.39, 0.29) is 11.3 Å². The minimum Gasteiger partial charge on any atom is -0.392 e. The fourth-order valence-electron chi connectivity index (χ4n) is 4.43. The van der Waals surface area contributed by atoms with E-state index in [4.69, 9.17) is 9.47 Å². The first-order chi connectivity index (χ1) is 9.67. The third-order valence-corrected chi connectivity index (χ3v) is 5.23. The van der Waals surface area contributed by atoms with Gasteiger partial charge >= 0.3 is 0 Å². The Kier molecular flexibility index (Phi) is 3.61. The van der Waals surface area contributed by atoms with E-state index in [0.29, 0.717) is 25.6 Å². The second-order valence-corrected chi connectivity index (χ2v) is 6.24. The van der Waals surface area contributed by atoms with Crippen LogP contribution in [-0.2, 0) is 9.47 Å². The van der Waals surface area contributed by atoms with Crippen molar-refractivity contribution in [1.82, 2.24) is 0 Å². The highest BCUT2D eigenvalue weighted by Gasteiger charge is 2.64. The Morgan fingerprint density at radius 1 is 1.30 bits per heavy atom. The molecule has 0 aromatic heterocycles. The number of aliphatic hydroxyl groups excluding tert-OH is 1. The highest BCUT2D eigenvalue weighted by molar-refractivity contribution is 5.24. The summed E-state index contributed by atoms with van der Waals surface area (Å²) in [7, 11) is 0. The van der Waals surface area contributed by atoms with Crippen molar-refractivity contribution >= 4 is 0 Å². The van der Waals surface area contributed by atoms with E-state index < -0.39 is 11.9 Å². The van der Waals surface area contributed by atoms with Gasteiger partial charge in [-0.15, -0.1) is 13.2 Å². The highest BCUT2D eigenvalue weighted by Crippen LogP contribution is 2.61. The number of aliphatic hydroxyl groups is 1. The molecule has 1 N–H and O–H groups in total. The lowest BCUT2D eigenvalue weighted by molar-refractivity contribution is -0.277. The fraction of sp³-hybridized carbons (Fsp3) is 0.647. The molecule has 3 heteroatoms. The first-order valence-electron chi connectivity index (χ1n) is 7.54. The molecular weight excluding hydrogens is 252 g/mol. The van der Waals surface area contributed by atoms with Gasteiger partial charge in [0.25, 0.3) is 0 Å². The van der Waals surface area contributed by atoms with Crippen LogP contribution in [0.25, 0.3) is 0 Å². The zero-order valence-corrected chi connectivity index (χ0v) is 12.0. The maximum atomic E-state index is 10.6. The van der Waals surface area contributed by atoms with Crippen LogP contribution in [0.2, 0.25) is 0 Å². The van der Waals surface area contributed by atoms with Gasteiger partial charge in [0.05, 0.1) is 24.7 Å². The van der Waals surface area contributed by atoms with Crippen LogP contribution in [-0.4, -0.2) is 30.2 Å². The lowest BCUT2D eigenvalue weighted by Crippen LogP contribution is -2.61. The van der Waals surface area contributed by atoms with E-state index in [0.717, 1.165) is 19.3 Å². The van der Waals surface area contributed by atoms with E-state index in [2.05, 4.69) is 25.3 Å². The zero-order valence-electron chi connectivity index (χ0n) is 12.0. The molecule has 1 heterocycles. The Morgan fingerprint density at radius 2 is 2.05 bits per heavy atom. The lowest BCUT2D eigenvalue weighted by atomic mass is 9.52. The van der Waals surface area contributed by atoms with Gasteiger partial charge in [-0.25, -0.2) is 0 Å². The van der Waals surface area contributed by atoms with E-state index in [9.17, 15) is 5.11 Å². The molecule has 0 aromatic carbocycles. The minimum atomic E-state index is -0.564. The summed E-state index contributed by atoms with van der Waals surface area (Å²) in [6.07, 6.45) is 11.1. The van der Waals surface area contributed by atoms with Crippen LogP contribution in [0.4, 0.5) is 0 Å². The van der Waals surface area contributed by atoms with Crippen molar-refractivity contribution in [1.29, 1.82) is 0 Å². The van der Waals surface area contributed by atoms with Crippen molar-refractivity contribution in [2.75, 3.05) is 13.2 Å². The quantitative estimate of drug-likeness (QED) is 0.785. The standard InChI is InChI=1S/C17H24O3/c1-3-5-15(18)14-11-13-6-8-16(14,7-4-2)17(12-13)19-9-10-20-17/h3-4,6,8,13-15,18H,1-2,5,7,9-12H2/t13-,14-,15-,16+/m1/s1. The van der Waals surface area contributed by atoms with Gasteiger partial charge in [0.15, 0.2) is 5.79 Å². The minimum absolute atomic E-state index is 0.139. The highest BCUT2D eigenvalue weighted by atomic mass is 16.7. The van der Waals surface area contributed by atoms with Gasteiger partial charge in [-0.2, -0.15) is 0 Å². The van der Waals surface area contributed by atoms with Crippen LogP contribution in [0.3, 0.4) is 0 Å². The molecule has 0 radical (unpaired) electrons. The number of hydrogen-bond acceptors (Lipinski definition) is 3. The largest absolute Gasteiger partial charge is 0.392 e. The molecule has 1 saturated carbocycles. The van der Waals surface area contributed by atoms with Crippen LogP contribution >= 0.6 is 0 Å². The van der Waals surface area contributed by atoms with E-state index >= 15 is 0 Å². The summed E-state index contributed by atoms with van der Waals surface area (Å²) in [5.74, 6) is 0.00989. The number of fused-ring (bicyclic) bond motifs is 1. The summed E-state index contributed by atoms with van der Waals surface area (Å²) < 4.78 is 12.1. The second-order valence-electron chi connectivity index (χ2n) is 6.24. The third kappa shape index (κ3) is 1.84. The summed E-state index contributed by atoms with van der Waals surface area (Å²) in [5.41, 5.74) is -0.289. The Bertz CT molecular complexity index is 422. The molecule has 4 atom stereocenters. The molecule has 1 aliphatic heterocycles. The zero-order chi connectivity index (χ0) is 14.2. The van der Waals surface area contributed by atoms with Gasteiger partial charge in [-0.3, -0.25) is 0 Å². The van der Waals surface area contributed by atoms with E-state index in [1.54, 1.807) is 6.08 Å². The van der Waals surface area contributed by atoms with Crippen LogP contribution in [0.1, 0.15) is 25.7 Å². The van der Waals surface area contributed by atoms with Gasteiger partial charge in [0.1, 0.15) is 0 Å². The lowest BCUT2D eigenvalue weighted by Gasteiger charge is -2.58. The fourth-order valence-corrected chi connectivity index (χ4v) is 4.43. The first kappa shape index (κ1) is 14.1. The Balaban J connectivity index is 2.01. The first-order valence-corrected chi connectivity index (χ1v) is 7.54. The molecule has 0 unspecified atom stereocenters. The summed E-state index contributed by atoms with van der Waals surface area (Å²) in [6.45, 7) is 8.95. The molecule has 3 nitrogen and oxygen atoms in total. The summed E-state index contributed by atoms with van der Waals surface area (Å²) in [4.78, 5) is 0. The monoisotopic (exact) mass is 276 g/mol. The molecule has 4 aliphatic rings. The Labute approximate surface area is 121 Å². The second kappa shape index (κ2) is 5.14. The topological polar surface area (TPSA) is 38.7 Å². The van der Waals surface area contributed by atoms with Crippen LogP contribution < -0.4 is 0 Å². The molecular formula is C17H24O3. The smallest absolute Gasteiger partial charge is 0.178 e. The Morgan fingerprint density at radius 3 is 2.70 bits per heavy atom. The molecule has 1 spiro atoms. The van der Waals surface area contributed by atoms with Gasteiger partial charge < -0.3 is 14.6 Å². The van der Waals surface area contributed by atoms with Crippen molar-refractivity contribution in [3.63, 3.8) is 0 Å². The van der Waals surface area contributed by atoms with E-state index in [1.807, 2.05) is 6.08 Å². The maximum absolute atomic E-state index is 10.6. The summed E-state index contributed by atoms with van der Waals surface area (Å²) >= 11 is 0. The average molecular weight is 276 g/mol. The van der Waals surface area contributed by atoms with Crippen molar-refractivity contribution in [3.8, 4) is 0 Å². The molecule has 1 saturated heterocycles. The molecule has 20 heavy (non-hydrogen) atoms. The number of hydrogen-bond donors (Lipinski definition) is 1. The third-order valence-electron chi connectivity index (χ3n) is 5.23. The van der Waals surface area contributed by atoms with Crippen LogP contribution in [0.15, 0.2) is 37.5 Å². The Hall–Kier alpha value is -0.900. The molecule has 0 aromatic rings. The summed E-state index contributed by atoms with van der Waals surface area (Å²) in [5, 5.41) is 10.6. The van der Waals surface area contributed by atoms with Crippen LogP contribution in [0.5, 0.6) is 0 Å². The molecule has 4 rings (SSSR count). The molecule has 0 amide bonds. The SMILES string of the molecule is C=CC[C@@H](O)[C@H]1C[C@H]2C=C[C@]1(CC=C)C1(C2)OCCO1. The molecule has 110 valence electrons. The van der Waals surface area contributed by atoms with Crippen molar-refractivity contribution in [3.05, 3.63) is 37.5 Å². The number of rotatable bonds is 5. The van der Waals surface area contributed by atoms with Crippen molar-refractivity contribution in [2.45, 2.75) is 37.6 Å². The van der Waals surface area contributed by atoms with Gasteiger partial charge in [-0.05, 0) is 25.2 Å². The number of ether oxygens (including phenoxy) is 2. The van der Waals surface area contributed by atoms with Gasteiger partial charge in [0, 0.05) is 12.3 Å². The molecule has 3 aliphatic carbocycles. The van der Waals surface area contributed by atoms with Crippen molar-refractivity contribution < 1.29 is 14.6 Å². The van der Waals surface area contributed by atoms with E-state index in [1.165, 1.54) is 0 Å². The number of allylic oxidation sites excluding steroid dienone is 2. The van der Waals surface area contributed by atoms with Crippen molar-refractivity contribution in [2.24, 2.45) is 17.3 Å². The van der Waals surface area contributed by atoms with Crippen LogP contribution in [0, 0.1) is 17.3 Å². The van der Waals surface area contributed by atoms with Gasteiger partial charge in [0.2, 0.25) is 0 Å². The molecule has 2 fully saturated rings. The van der Waals surface area contributed by atoms with Gasteiger partial charge in [-0.1, -0.05) is 24.3 Å². The predicted molar refractivity (Wildman–Crippen MR) is 78.1 cm³/mol.